The van der Waals surface area contributed by atoms with Crippen molar-refractivity contribution in [1.82, 2.24) is 9.29 Å². The first kappa shape index (κ1) is 20.1. The van der Waals surface area contributed by atoms with Gasteiger partial charge in [0.1, 0.15) is 0 Å². The molecule has 1 N–H and O–H groups in total. The molecule has 3 rings (SSSR count). The van der Waals surface area contributed by atoms with Crippen molar-refractivity contribution in [2.24, 2.45) is 7.05 Å². The van der Waals surface area contributed by atoms with Crippen molar-refractivity contribution >= 4 is 20.9 Å². The van der Waals surface area contributed by atoms with E-state index in [0.717, 1.165) is 16.2 Å². The minimum Gasteiger partial charge on any atom is -0.311 e. The van der Waals surface area contributed by atoms with Crippen LogP contribution < -0.4 is 10.3 Å². The molecule has 0 saturated heterocycles. The van der Waals surface area contributed by atoms with Gasteiger partial charge in [0.05, 0.1) is 16.0 Å². The van der Waals surface area contributed by atoms with Crippen LogP contribution in [0.25, 0.3) is 10.9 Å². The number of benzene rings is 2. The molecule has 0 saturated carbocycles. The summed E-state index contributed by atoms with van der Waals surface area (Å²) >= 11 is 0. The molecule has 2 aromatic carbocycles. The molecule has 28 heavy (non-hydrogen) atoms. The lowest BCUT2D eigenvalue weighted by Crippen LogP contribution is -2.24. The second-order valence-corrected chi connectivity index (χ2v) is 8.21. The van der Waals surface area contributed by atoms with E-state index < -0.39 is 27.3 Å². The molecular weight excluding hydrogens is 393 g/mol. The van der Waals surface area contributed by atoms with E-state index >= 15 is 0 Å². The first-order chi connectivity index (χ1) is 13.0. The highest BCUT2D eigenvalue weighted by Crippen LogP contribution is 2.34. The summed E-state index contributed by atoms with van der Waals surface area (Å²) < 4.78 is 68.6. The van der Waals surface area contributed by atoms with Crippen LogP contribution in [0.3, 0.4) is 0 Å². The average molecular weight is 410 g/mol. The van der Waals surface area contributed by atoms with E-state index in [0.29, 0.717) is 11.6 Å². The summed E-state index contributed by atoms with van der Waals surface area (Å²) in [6, 6.07) is 11.0. The van der Waals surface area contributed by atoms with Gasteiger partial charge in [0.2, 0.25) is 10.0 Å². The number of nitrogens with zero attached hydrogens (tertiary/aromatic N) is 1. The fourth-order valence-electron chi connectivity index (χ4n) is 2.81. The van der Waals surface area contributed by atoms with Crippen molar-refractivity contribution in [3.63, 3.8) is 0 Å². The maximum Gasteiger partial charge on any atom is 0.417 e. The molecule has 0 aliphatic rings. The van der Waals surface area contributed by atoms with E-state index in [9.17, 15) is 26.4 Å². The van der Waals surface area contributed by atoms with Crippen LogP contribution in [0, 0.1) is 6.92 Å². The van der Waals surface area contributed by atoms with Crippen LogP contribution in [-0.2, 0) is 29.8 Å². The predicted molar refractivity (Wildman–Crippen MR) is 99.4 cm³/mol. The van der Waals surface area contributed by atoms with Crippen molar-refractivity contribution < 1.29 is 21.6 Å². The average Bonchev–Trinajstić information content (AvgIpc) is 2.63. The van der Waals surface area contributed by atoms with Crippen molar-refractivity contribution in [2.45, 2.75) is 24.5 Å². The Labute approximate surface area is 159 Å². The smallest absolute Gasteiger partial charge is 0.311 e. The number of halogens is 3. The van der Waals surface area contributed by atoms with E-state index in [1.807, 2.05) is 19.1 Å². The second-order valence-electron chi connectivity index (χ2n) is 6.44. The molecule has 5 nitrogen and oxygen atoms in total. The molecule has 1 aromatic heterocycles. The summed E-state index contributed by atoms with van der Waals surface area (Å²) in [7, 11) is -2.72. The third-order valence-electron chi connectivity index (χ3n) is 4.42. The Hall–Kier alpha value is -2.65. The summed E-state index contributed by atoms with van der Waals surface area (Å²) in [5.41, 5.74) is -0.258. The minimum absolute atomic E-state index is 0.0000536. The molecule has 148 valence electrons. The van der Waals surface area contributed by atoms with Crippen molar-refractivity contribution in [1.29, 1.82) is 0 Å². The Morgan fingerprint density at radius 2 is 1.68 bits per heavy atom. The predicted octanol–water partition coefficient (Wildman–Crippen LogP) is 3.34. The zero-order valence-corrected chi connectivity index (χ0v) is 15.9. The topological polar surface area (TPSA) is 68.2 Å². The van der Waals surface area contributed by atoms with E-state index in [1.54, 1.807) is 12.1 Å². The van der Waals surface area contributed by atoms with E-state index in [1.165, 1.54) is 19.2 Å². The van der Waals surface area contributed by atoms with E-state index in [-0.39, 0.29) is 22.3 Å². The number of rotatable bonds is 4. The van der Waals surface area contributed by atoms with Gasteiger partial charge < -0.3 is 4.57 Å². The number of fused-ring (bicyclic) bond motifs is 1. The Morgan fingerprint density at radius 3 is 2.29 bits per heavy atom. The van der Waals surface area contributed by atoms with E-state index in [2.05, 4.69) is 4.72 Å². The van der Waals surface area contributed by atoms with Crippen LogP contribution >= 0.6 is 0 Å². The maximum absolute atomic E-state index is 13.3. The fraction of sp³-hybridized carbons (Fsp3) is 0.211. The number of sulfonamides is 1. The molecule has 0 aliphatic carbocycles. The number of hydrogen-bond acceptors (Lipinski definition) is 3. The molecule has 3 aromatic rings. The summed E-state index contributed by atoms with van der Waals surface area (Å²) in [4.78, 5) is 11.5. The number of pyridine rings is 1. The molecule has 0 atom stereocenters. The second kappa shape index (κ2) is 7.06. The first-order valence-electron chi connectivity index (χ1n) is 8.25. The molecule has 0 radical (unpaired) electrons. The molecular formula is C19H17F3N2O3S. The van der Waals surface area contributed by atoms with Gasteiger partial charge in [0.15, 0.2) is 0 Å². The maximum atomic E-state index is 13.3. The highest BCUT2D eigenvalue weighted by molar-refractivity contribution is 7.89. The van der Waals surface area contributed by atoms with Gasteiger partial charge >= 0.3 is 6.18 Å². The number of aromatic nitrogens is 1. The number of hydrogen-bond donors (Lipinski definition) is 1. The van der Waals surface area contributed by atoms with E-state index in [4.69, 9.17) is 0 Å². The Balaban J connectivity index is 2.04. The van der Waals surface area contributed by atoms with Gasteiger partial charge in [-0.2, -0.15) is 13.2 Å². The molecule has 0 amide bonds. The lowest BCUT2D eigenvalue weighted by atomic mass is 10.1. The summed E-state index contributed by atoms with van der Waals surface area (Å²) in [6.07, 6.45) is -4.79. The highest BCUT2D eigenvalue weighted by Gasteiger charge is 2.34. The largest absolute Gasteiger partial charge is 0.417 e. The van der Waals surface area contributed by atoms with Crippen molar-refractivity contribution in [3.8, 4) is 0 Å². The van der Waals surface area contributed by atoms with Crippen LogP contribution in [-0.4, -0.2) is 13.0 Å². The van der Waals surface area contributed by atoms with Gasteiger partial charge in [-0.15, -0.1) is 0 Å². The fourth-order valence-corrected chi connectivity index (χ4v) is 3.85. The number of alkyl halides is 3. The third-order valence-corrected chi connectivity index (χ3v) is 5.82. The summed E-state index contributed by atoms with van der Waals surface area (Å²) in [6.45, 7) is 1.90. The van der Waals surface area contributed by atoms with Crippen LogP contribution in [0.2, 0.25) is 0 Å². The molecule has 0 aliphatic heterocycles. The van der Waals surface area contributed by atoms with Gasteiger partial charge in [0.25, 0.3) is 5.56 Å². The molecule has 0 unspecified atom stereocenters. The standard InChI is InChI=1S/C19H17F3N2O3S/c1-12-3-5-13(6-4-12)11-23-28(26,27)14-7-8-17-15(9-14)16(19(20,21)22)10-18(25)24(17)2/h3-10,23H,11H2,1-2H3. The molecule has 0 spiro atoms. The SMILES string of the molecule is Cc1ccc(CNS(=O)(=O)c2ccc3c(c2)c(C(F)(F)F)cc(=O)n3C)cc1. The zero-order chi connectivity index (χ0) is 20.7. The van der Waals surface area contributed by atoms with Gasteiger partial charge in [-0.1, -0.05) is 29.8 Å². The monoisotopic (exact) mass is 410 g/mol. The molecule has 0 fully saturated rings. The lowest BCUT2D eigenvalue weighted by Gasteiger charge is -2.14. The minimum atomic E-state index is -4.79. The van der Waals surface area contributed by atoms with Crippen LogP contribution in [0.5, 0.6) is 0 Å². The van der Waals surface area contributed by atoms with Gasteiger partial charge in [-0.3, -0.25) is 4.79 Å². The molecule has 0 bridgehead atoms. The van der Waals surface area contributed by atoms with Gasteiger partial charge in [0, 0.05) is 25.0 Å². The summed E-state index contributed by atoms with van der Waals surface area (Å²) in [5, 5.41) is -0.354. The first-order valence-corrected chi connectivity index (χ1v) is 9.73. The van der Waals surface area contributed by atoms with Crippen LogP contribution in [0.15, 0.2) is 58.2 Å². The highest BCUT2D eigenvalue weighted by atomic mass is 32.2. The summed E-state index contributed by atoms with van der Waals surface area (Å²) in [5.74, 6) is 0. The van der Waals surface area contributed by atoms with Gasteiger partial charge in [-0.25, -0.2) is 13.1 Å². The molecule has 1 heterocycles. The van der Waals surface area contributed by atoms with Crippen molar-refractivity contribution in [3.05, 3.63) is 75.6 Å². The van der Waals surface area contributed by atoms with Crippen LogP contribution in [0.4, 0.5) is 13.2 Å². The number of nitrogens with one attached hydrogen (secondary N) is 1. The normalized spacial score (nSPS) is 12.5. The molecule has 9 heteroatoms. The zero-order valence-electron chi connectivity index (χ0n) is 15.0. The Kier molecular flexibility index (Phi) is 5.07. The third kappa shape index (κ3) is 3.95. The number of aryl methyl sites for hydroxylation is 2. The van der Waals surface area contributed by atoms with Crippen LogP contribution in [0.1, 0.15) is 16.7 Å². The lowest BCUT2D eigenvalue weighted by molar-refractivity contribution is -0.136. The Bertz CT molecular complexity index is 1200. The quantitative estimate of drug-likeness (QED) is 0.717. The Morgan fingerprint density at radius 1 is 1.04 bits per heavy atom. The van der Waals surface area contributed by atoms with Gasteiger partial charge in [-0.05, 0) is 30.7 Å². The van der Waals surface area contributed by atoms with Crippen molar-refractivity contribution in [2.75, 3.05) is 0 Å².